The number of nitrogens with one attached hydrogen (secondary N) is 2. The molecule has 1 aromatic rings. The van der Waals surface area contributed by atoms with Gasteiger partial charge in [0.2, 0.25) is 10.0 Å². The molecule has 1 fully saturated rings. The van der Waals surface area contributed by atoms with E-state index in [2.05, 4.69) is 35.8 Å². The van der Waals surface area contributed by atoms with Crippen LogP contribution in [0.25, 0.3) is 0 Å². The minimum absolute atomic E-state index is 0.00252. The second-order valence-electron chi connectivity index (χ2n) is 6.36. The Bertz CT molecular complexity index is 584. The number of hydrogen-bond donors (Lipinski definition) is 2. The lowest BCUT2D eigenvalue weighted by atomic mass is 9.88. The Balaban J connectivity index is 2.16. The summed E-state index contributed by atoms with van der Waals surface area (Å²) in [5.41, 5.74) is 0.0173. The predicted octanol–water partition coefficient (Wildman–Crippen LogP) is 2.76. The van der Waals surface area contributed by atoms with Gasteiger partial charge >= 0.3 is 0 Å². The van der Waals surface area contributed by atoms with Crippen LogP contribution in [-0.2, 0) is 10.0 Å². The SMILES string of the molecule is CCCNc1cc(S(=O)(=O)NC2CCCC2(C)C)ccn1. The van der Waals surface area contributed by atoms with E-state index in [1.54, 1.807) is 12.1 Å². The molecule has 1 aliphatic carbocycles. The number of hydrogen-bond acceptors (Lipinski definition) is 4. The molecule has 1 aliphatic rings. The molecule has 2 rings (SSSR count). The van der Waals surface area contributed by atoms with Gasteiger partial charge in [-0.15, -0.1) is 0 Å². The van der Waals surface area contributed by atoms with Gasteiger partial charge in [-0.05, 0) is 30.7 Å². The Hall–Kier alpha value is -1.14. The lowest BCUT2D eigenvalue weighted by Gasteiger charge is -2.27. The van der Waals surface area contributed by atoms with E-state index in [1.807, 2.05) is 0 Å². The van der Waals surface area contributed by atoms with Crippen molar-refractivity contribution in [3.05, 3.63) is 18.3 Å². The summed E-state index contributed by atoms with van der Waals surface area (Å²) in [6.07, 6.45) is 5.53. The third-order valence-electron chi connectivity index (χ3n) is 4.15. The van der Waals surface area contributed by atoms with Crippen molar-refractivity contribution in [2.45, 2.75) is 57.4 Å². The first kappa shape index (κ1) is 16.2. The van der Waals surface area contributed by atoms with Crippen LogP contribution in [0.2, 0.25) is 0 Å². The highest BCUT2D eigenvalue weighted by Gasteiger charge is 2.37. The Morgan fingerprint density at radius 2 is 2.19 bits per heavy atom. The molecule has 1 saturated carbocycles. The number of aromatic nitrogens is 1. The van der Waals surface area contributed by atoms with Crippen molar-refractivity contribution in [1.82, 2.24) is 9.71 Å². The molecular weight excluding hydrogens is 286 g/mol. The lowest BCUT2D eigenvalue weighted by molar-refractivity contribution is 0.313. The van der Waals surface area contributed by atoms with Crippen molar-refractivity contribution in [2.75, 3.05) is 11.9 Å². The molecule has 0 amide bonds. The van der Waals surface area contributed by atoms with Gasteiger partial charge < -0.3 is 5.32 Å². The molecule has 0 saturated heterocycles. The van der Waals surface area contributed by atoms with E-state index in [9.17, 15) is 8.42 Å². The highest BCUT2D eigenvalue weighted by atomic mass is 32.2. The molecule has 1 atom stereocenters. The summed E-state index contributed by atoms with van der Waals surface area (Å²) in [5.74, 6) is 0.602. The smallest absolute Gasteiger partial charge is 0.241 e. The quantitative estimate of drug-likeness (QED) is 0.847. The number of anilines is 1. The summed E-state index contributed by atoms with van der Waals surface area (Å²) >= 11 is 0. The van der Waals surface area contributed by atoms with Crippen LogP contribution < -0.4 is 10.0 Å². The molecule has 0 bridgehead atoms. The Labute approximate surface area is 127 Å². The first-order valence-electron chi connectivity index (χ1n) is 7.57. The van der Waals surface area contributed by atoms with Gasteiger partial charge in [-0.2, -0.15) is 0 Å². The molecule has 0 aliphatic heterocycles. The van der Waals surface area contributed by atoms with Crippen molar-refractivity contribution >= 4 is 15.8 Å². The molecule has 1 unspecified atom stereocenters. The van der Waals surface area contributed by atoms with E-state index in [-0.39, 0.29) is 16.4 Å². The fourth-order valence-corrected chi connectivity index (χ4v) is 4.18. The first-order chi connectivity index (χ1) is 9.85. The summed E-state index contributed by atoms with van der Waals surface area (Å²) in [5, 5.41) is 3.11. The number of nitrogens with zero attached hydrogens (tertiary/aromatic N) is 1. The second kappa shape index (κ2) is 6.32. The Kier molecular flexibility index (Phi) is 4.88. The van der Waals surface area contributed by atoms with Gasteiger partial charge in [0.1, 0.15) is 5.82 Å². The van der Waals surface area contributed by atoms with Crippen molar-refractivity contribution in [1.29, 1.82) is 0 Å². The fourth-order valence-electron chi connectivity index (χ4n) is 2.73. The second-order valence-corrected chi connectivity index (χ2v) is 8.07. The van der Waals surface area contributed by atoms with E-state index < -0.39 is 10.0 Å². The van der Waals surface area contributed by atoms with Gasteiger partial charge in [-0.3, -0.25) is 0 Å². The van der Waals surface area contributed by atoms with Crippen molar-refractivity contribution in [3.8, 4) is 0 Å². The zero-order valence-electron chi connectivity index (χ0n) is 13.0. The third kappa shape index (κ3) is 3.95. The summed E-state index contributed by atoms with van der Waals surface area (Å²) < 4.78 is 27.9. The Morgan fingerprint density at radius 3 is 2.81 bits per heavy atom. The predicted molar refractivity (Wildman–Crippen MR) is 84.8 cm³/mol. The van der Waals surface area contributed by atoms with E-state index in [1.165, 1.54) is 6.20 Å². The fraction of sp³-hybridized carbons (Fsp3) is 0.667. The van der Waals surface area contributed by atoms with Crippen LogP contribution >= 0.6 is 0 Å². The largest absolute Gasteiger partial charge is 0.370 e. The van der Waals surface area contributed by atoms with Crippen LogP contribution in [0, 0.1) is 5.41 Å². The van der Waals surface area contributed by atoms with Gasteiger partial charge in [0.05, 0.1) is 4.90 Å². The topological polar surface area (TPSA) is 71.1 Å². The highest BCUT2D eigenvalue weighted by Crippen LogP contribution is 2.37. The normalized spacial score (nSPS) is 21.4. The molecule has 5 nitrogen and oxygen atoms in total. The molecule has 118 valence electrons. The molecule has 0 spiro atoms. The number of sulfonamides is 1. The molecule has 0 radical (unpaired) electrons. The van der Waals surface area contributed by atoms with Gasteiger partial charge in [0.25, 0.3) is 0 Å². The standard InChI is InChI=1S/C15H25N3O2S/c1-4-9-16-14-11-12(7-10-17-14)21(19,20)18-13-6-5-8-15(13,2)3/h7,10-11,13,18H,4-6,8-9H2,1-3H3,(H,16,17). The average molecular weight is 311 g/mol. The maximum Gasteiger partial charge on any atom is 0.241 e. The maximum atomic E-state index is 12.5. The lowest BCUT2D eigenvalue weighted by Crippen LogP contribution is -2.41. The van der Waals surface area contributed by atoms with Gasteiger partial charge in [-0.25, -0.2) is 18.1 Å². The molecular formula is C15H25N3O2S. The molecule has 1 aromatic heterocycles. The van der Waals surface area contributed by atoms with Crippen LogP contribution in [-0.4, -0.2) is 26.0 Å². The first-order valence-corrected chi connectivity index (χ1v) is 9.06. The molecule has 1 heterocycles. The minimum Gasteiger partial charge on any atom is -0.370 e. The third-order valence-corrected chi connectivity index (χ3v) is 5.62. The van der Waals surface area contributed by atoms with Crippen molar-refractivity contribution < 1.29 is 8.42 Å². The zero-order valence-corrected chi connectivity index (χ0v) is 13.8. The minimum atomic E-state index is -3.49. The van der Waals surface area contributed by atoms with Crippen LogP contribution in [0.15, 0.2) is 23.2 Å². The Morgan fingerprint density at radius 1 is 1.43 bits per heavy atom. The van der Waals surface area contributed by atoms with Crippen molar-refractivity contribution in [2.24, 2.45) is 5.41 Å². The molecule has 0 aromatic carbocycles. The van der Waals surface area contributed by atoms with Crippen molar-refractivity contribution in [3.63, 3.8) is 0 Å². The van der Waals surface area contributed by atoms with E-state index >= 15 is 0 Å². The van der Waals surface area contributed by atoms with Gasteiger partial charge in [0, 0.05) is 24.8 Å². The monoisotopic (exact) mass is 311 g/mol. The summed E-state index contributed by atoms with van der Waals surface area (Å²) in [6.45, 7) is 7.07. The summed E-state index contributed by atoms with van der Waals surface area (Å²) in [6, 6.07) is 3.14. The van der Waals surface area contributed by atoms with Gasteiger partial charge in [0.15, 0.2) is 0 Å². The van der Waals surface area contributed by atoms with E-state index in [4.69, 9.17) is 0 Å². The van der Waals surface area contributed by atoms with Crippen LogP contribution in [0.5, 0.6) is 0 Å². The summed E-state index contributed by atoms with van der Waals surface area (Å²) in [4.78, 5) is 4.42. The van der Waals surface area contributed by atoms with Crippen LogP contribution in [0.4, 0.5) is 5.82 Å². The summed E-state index contributed by atoms with van der Waals surface area (Å²) in [7, 11) is -3.49. The number of rotatable bonds is 6. The average Bonchev–Trinajstić information content (AvgIpc) is 2.75. The zero-order chi connectivity index (χ0) is 15.5. The van der Waals surface area contributed by atoms with E-state index in [0.717, 1.165) is 32.2 Å². The van der Waals surface area contributed by atoms with Crippen LogP contribution in [0.3, 0.4) is 0 Å². The van der Waals surface area contributed by atoms with Crippen LogP contribution in [0.1, 0.15) is 46.5 Å². The molecule has 21 heavy (non-hydrogen) atoms. The van der Waals surface area contributed by atoms with E-state index in [0.29, 0.717) is 5.82 Å². The highest BCUT2D eigenvalue weighted by molar-refractivity contribution is 7.89. The molecule has 6 heteroatoms. The number of pyridine rings is 1. The molecule has 2 N–H and O–H groups in total. The maximum absolute atomic E-state index is 12.5. The van der Waals surface area contributed by atoms with Gasteiger partial charge in [-0.1, -0.05) is 27.2 Å².